The molecule has 0 radical (unpaired) electrons. The van der Waals surface area contributed by atoms with Gasteiger partial charge in [0, 0.05) is 22.4 Å². The van der Waals surface area contributed by atoms with Gasteiger partial charge in [0.15, 0.2) is 5.58 Å². The van der Waals surface area contributed by atoms with Gasteiger partial charge in [0.2, 0.25) is 5.95 Å². The summed E-state index contributed by atoms with van der Waals surface area (Å²) in [5.41, 5.74) is 7.74. The Morgan fingerprint density at radius 2 is 1.24 bits per heavy atom. The van der Waals surface area contributed by atoms with Crippen LogP contribution in [-0.2, 0) is 0 Å². The maximum atomic E-state index is 5.89. The van der Waals surface area contributed by atoms with Crippen LogP contribution in [0.2, 0.25) is 0 Å². The van der Waals surface area contributed by atoms with Crippen molar-refractivity contribution in [2.45, 2.75) is 0 Å². The lowest BCUT2D eigenvalue weighted by molar-refractivity contribution is 0.614. The molecule has 8 rings (SSSR count). The summed E-state index contributed by atoms with van der Waals surface area (Å²) in [5.74, 6) is 0.627. The van der Waals surface area contributed by atoms with Gasteiger partial charge in [-0.15, -0.1) is 0 Å². The van der Waals surface area contributed by atoms with Gasteiger partial charge >= 0.3 is 0 Å². The van der Waals surface area contributed by atoms with E-state index in [0.717, 1.165) is 33.4 Å². The molecule has 5 aromatic carbocycles. The molecule has 178 valence electrons. The third-order valence-corrected chi connectivity index (χ3v) is 7.32. The maximum absolute atomic E-state index is 5.89. The topological polar surface area (TPSA) is 43.9 Å². The Labute approximate surface area is 218 Å². The fourth-order valence-corrected chi connectivity index (χ4v) is 5.55. The minimum absolute atomic E-state index is 0.627. The SMILES string of the molecule is c1ccc(-c2ccc(-c3nc(-n4c5ccccc5c5c6ccccc6ccc54)nc4ccoc34)cc2)cc1. The molecule has 3 aromatic heterocycles. The fourth-order valence-electron chi connectivity index (χ4n) is 5.55. The molecule has 0 spiro atoms. The smallest absolute Gasteiger partial charge is 0.236 e. The Kier molecular flexibility index (Phi) is 4.49. The molecule has 38 heavy (non-hydrogen) atoms. The molecule has 0 bridgehead atoms. The summed E-state index contributed by atoms with van der Waals surface area (Å²) in [5, 5.41) is 4.83. The van der Waals surface area contributed by atoms with Gasteiger partial charge in [0.05, 0.1) is 17.3 Å². The summed E-state index contributed by atoms with van der Waals surface area (Å²) in [6.45, 7) is 0. The Bertz CT molecular complexity index is 2120. The van der Waals surface area contributed by atoms with E-state index in [2.05, 4.69) is 114 Å². The van der Waals surface area contributed by atoms with Gasteiger partial charge in [-0.1, -0.05) is 103 Å². The molecule has 0 saturated carbocycles. The molecule has 0 aliphatic rings. The average Bonchev–Trinajstić information content (AvgIpc) is 3.60. The van der Waals surface area contributed by atoms with Crippen molar-refractivity contribution in [3.05, 3.63) is 128 Å². The van der Waals surface area contributed by atoms with Crippen LogP contribution >= 0.6 is 0 Å². The van der Waals surface area contributed by atoms with E-state index in [1.807, 2.05) is 12.1 Å². The summed E-state index contributed by atoms with van der Waals surface area (Å²) in [4.78, 5) is 10.1. The van der Waals surface area contributed by atoms with Crippen molar-refractivity contribution < 1.29 is 4.42 Å². The van der Waals surface area contributed by atoms with E-state index >= 15 is 0 Å². The molecule has 0 fully saturated rings. The molecule has 0 N–H and O–H groups in total. The third-order valence-electron chi connectivity index (χ3n) is 7.32. The molecule has 3 heterocycles. The monoisotopic (exact) mass is 487 g/mol. The number of aromatic nitrogens is 3. The standard InChI is InChI=1S/C34H21N3O/c1-2-8-22(9-3-1)23-14-16-25(17-15-23)32-33-28(20-21-38-33)35-34(36-32)37-29-13-7-6-12-27(29)31-26-11-5-4-10-24(26)18-19-30(31)37/h1-21H. The fraction of sp³-hybridized carbons (Fsp3) is 0. The number of fused-ring (bicyclic) bond motifs is 6. The van der Waals surface area contributed by atoms with Gasteiger partial charge in [-0.3, -0.25) is 4.57 Å². The number of nitrogens with zero attached hydrogens (tertiary/aromatic N) is 3. The Morgan fingerprint density at radius 3 is 2.11 bits per heavy atom. The highest BCUT2D eigenvalue weighted by atomic mass is 16.3. The minimum Gasteiger partial charge on any atom is -0.460 e. The maximum Gasteiger partial charge on any atom is 0.236 e. The first-order valence-electron chi connectivity index (χ1n) is 12.7. The van der Waals surface area contributed by atoms with E-state index in [-0.39, 0.29) is 0 Å². The lowest BCUT2D eigenvalue weighted by Gasteiger charge is -2.10. The number of hydrogen-bond acceptors (Lipinski definition) is 3. The van der Waals surface area contributed by atoms with Crippen LogP contribution in [-0.4, -0.2) is 14.5 Å². The summed E-state index contributed by atoms with van der Waals surface area (Å²) in [7, 11) is 0. The number of rotatable bonds is 3. The highest BCUT2D eigenvalue weighted by molar-refractivity contribution is 6.21. The van der Waals surface area contributed by atoms with Crippen molar-refractivity contribution in [2.24, 2.45) is 0 Å². The second-order valence-corrected chi connectivity index (χ2v) is 9.48. The van der Waals surface area contributed by atoms with Crippen LogP contribution in [0.25, 0.3) is 72.0 Å². The van der Waals surface area contributed by atoms with Crippen LogP contribution in [0, 0.1) is 0 Å². The van der Waals surface area contributed by atoms with Gasteiger partial charge in [-0.25, -0.2) is 9.97 Å². The lowest BCUT2D eigenvalue weighted by Crippen LogP contribution is -2.02. The van der Waals surface area contributed by atoms with Crippen molar-refractivity contribution in [1.29, 1.82) is 0 Å². The molecular formula is C34H21N3O. The van der Waals surface area contributed by atoms with Crippen LogP contribution < -0.4 is 0 Å². The summed E-state index contributed by atoms with van der Waals surface area (Å²) in [6.07, 6.45) is 1.68. The number of furan rings is 1. The van der Waals surface area contributed by atoms with Crippen LogP contribution in [0.3, 0.4) is 0 Å². The molecule has 4 heteroatoms. The predicted octanol–water partition coefficient (Wildman–Crippen LogP) is 8.81. The number of hydrogen-bond donors (Lipinski definition) is 0. The lowest BCUT2D eigenvalue weighted by atomic mass is 10.0. The van der Waals surface area contributed by atoms with E-state index < -0.39 is 0 Å². The molecule has 0 aliphatic carbocycles. The zero-order chi connectivity index (χ0) is 25.1. The molecule has 4 nitrogen and oxygen atoms in total. The third kappa shape index (κ3) is 3.10. The molecule has 0 atom stereocenters. The Hall–Kier alpha value is -5.22. The second-order valence-electron chi connectivity index (χ2n) is 9.48. The minimum atomic E-state index is 0.627. The zero-order valence-electron chi connectivity index (χ0n) is 20.4. The Morgan fingerprint density at radius 1 is 0.526 bits per heavy atom. The average molecular weight is 488 g/mol. The molecule has 0 amide bonds. The quantitative estimate of drug-likeness (QED) is 0.250. The molecule has 8 aromatic rings. The predicted molar refractivity (Wildman–Crippen MR) is 155 cm³/mol. The van der Waals surface area contributed by atoms with E-state index in [0.29, 0.717) is 11.5 Å². The van der Waals surface area contributed by atoms with Crippen molar-refractivity contribution in [3.8, 4) is 28.3 Å². The van der Waals surface area contributed by atoms with Crippen molar-refractivity contribution in [1.82, 2.24) is 14.5 Å². The van der Waals surface area contributed by atoms with Gasteiger partial charge in [0.25, 0.3) is 0 Å². The normalized spacial score (nSPS) is 11.7. The van der Waals surface area contributed by atoms with Crippen LogP contribution in [0.15, 0.2) is 132 Å². The summed E-state index contributed by atoms with van der Waals surface area (Å²) < 4.78 is 8.06. The first-order valence-corrected chi connectivity index (χ1v) is 12.7. The first-order chi connectivity index (χ1) is 18.8. The summed E-state index contributed by atoms with van der Waals surface area (Å²) in [6, 6.07) is 42.1. The summed E-state index contributed by atoms with van der Waals surface area (Å²) >= 11 is 0. The van der Waals surface area contributed by atoms with Gasteiger partial charge in [-0.05, 0) is 34.0 Å². The second kappa shape index (κ2) is 8.15. The molecule has 0 aliphatic heterocycles. The zero-order valence-corrected chi connectivity index (χ0v) is 20.4. The van der Waals surface area contributed by atoms with Crippen LogP contribution in [0.5, 0.6) is 0 Å². The van der Waals surface area contributed by atoms with Gasteiger partial charge in [-0.2, -0.15) is 0 Å². The van der Waals surface area contributed by atoms with E-state index in [9.17, 15) is 0 Å². The van der Waals surface area contributed by atoms with Crippen LogP contribution in [0.1, 0.15) is 0 Å². The van der Waals surface area contributed by atoms with E-state index in [4.69, 9.17) is 14.4 Å². The van der Waals surface area contributed by atoms with Crippen LogP contribution in [0.4, 0.5) is 0 Å². The highest BCUT2D eigenvalue weighted by Crippen LogP contribution is 2.37. The largest absolute Gasteiger partial charge is 0.460 e. The van der Waals surface area contributed by atoms with Gasteiger partial charge < -0.3 is 4.42 Å². The van der Waals surface area contributed by atoms with E-state index in [1.54, 1.807) is 6.26 Å². The van der Waals surface area contributed by atoms with Crippen molar-refractivity contribution >= 4 is 43.7 Å². The first kappa shape index (κ1) is 20.9. The van der Waals surface area contributed by atoms with Crippen molar-refractivity contribution in [3.63, 3.8) is 0 Å². The number of benzene rings is 5. The van der Waals surface area contributed by atoms with E-state index in [1.165, 1.54) is 27.1 Å². The highest BCUT2D eigenvalue weighted by Gasteiger charge is 2.19. The molecule has 0 saturated heterocycles. The molecular weight excluding hydrogens is 466 g/mol. The number of para-hydroxylation sites is 1. The molecule has 0 unspecified atom stereocenters. The van der Waals surface area contributed by atoms with Crippen molar-refractivity contribution in [2.75, 3.05) is 0 Å². The van der Waals surface area contributed by atoms with Gasteiger partial charge in [0.1, 0.15) is 11.2 Å². The Balaban J connectivity index is 1.38.